The quantitative estimate of drug-likeness (QED) is 0.775. The van der Waals surface area contributed by atoms with Gasteiger partial charge in [-0.3, -0.25) is 4.79 Å². The minimum absolute atomic E-state index is 0.0340. The van der Waals surface area contributed by atoms with Crippen molar-refractivity contribution in [3.63, 3.8) is 0 Å². The third kappa shape index (κ3) is 5.66. The lowest BCUT2D eigenvalue weighted by molar-refractivity contribution is -0.115. The van der Waals surface area contributed by atoms with Crippen LogP contribution in [0.1, 0.15) is 33.1 Å². The van der Waals surface area contributed by atoms with Gasteiger partial charge in [0.2, 0.25) is 5.91 Å². The highest BCUT2D eigenvalue weighted by Crippen LogP contribution is 2.18. The van der Waals surface area contributed by atoms with E-state index in [0.29, 0.717) is 19.2 Å². The Labute approximate surface area is 132 Å². The monoisotopic (exact) mass is 306 g/mol. The summed E-state index contributed by atoms with van der Waals surface area (Å²) in [5.74, 6) is 0.763. The van der Waals surface area contributed by atoms with Crippen LogP contribution in [0, 0.1) is 0 Å². The van der Waals surface area contributed by atoms with Gasteiger partial charge in [0.25, 0.3) is 0 Å². The maximum absolute atomic E-state index is 11.8. The van der Waals surface area contributed by atoms with Crippen LogP contribution in [0.4, 0.5) is 5.69 Å². The second-order valence-corrected chi connectivity index (χ2v) is 5.71. The first kappa shape index (κ1) is 16.8. The van der Waals surface area contributed by atoms with Crippen molar-refractivity contribution in [3.8, 4) is 5.75 Å². The Morgan fingerprint density at radius 3 is 2.82 bits per heavy atom. The molecule has 1 aliphatic heterocycles. The van der Waals surface area contributed by atoms with Gasteiger partial charge in [0.1, 0.15) is 12.4 Å². The van der Waals surface area contributed by atoms with Crippen LogP contribution in [0.3, 0.4) is 0 Å². The lowest BCUT2D eigenvalue weighted by atomic mass is 10.2. The molecule has 22 heavy (non-hydrogen) atoms. The molecule has 0 aliphatic carbocycles. The van der Waals surface area contributed by atoms with Crippen molar-refractivity contribution in [2.75, 3.05) is 25.1 Å². The molecule has 2 N–H and O–H groups in total. The molecule has 5 nitrogen and oxygen atoms in total. The molecule has 0 radical (unpaired) electrons. The summed E-state index contributed by atoms with van der Waals surface area (Å²) in [5, 5.41) is 6.03. The predicted octanol–water partition coefficient (Wildman–Crippen LogP) is 2.57. The molecular weight excluding hydrogens is 280 g/mol. The number of hydrogen-bond acceptors (Lipinski definition) is 4. The molecule has 1 aromatic rings. The van der Waals surface area contributed by atoms with Crippen LogP contribution in [-0.4, -0.2) is 37.8 Å². The molecule has 2 rings (SSSR count). The number of carbonyl (C=O) groups excluding carboxylic acids is 1. The fourth-order valence-corrected chi connectivity index (χ4v) is 2.22. The van der Waals surface area contributed by atoms with E-state index in [1.807, 2.05) is 24.3 Å². The van der Waals surface area contributed by atoms with Crippen LogP contribution >= 0.6 is 0 Å². The zero-order valence-electron chi connectivity index (χ0n) is 13.4. The van der Waals surface area contributed by atoms with Gasteiger partial charge in [-0.2, -0.15) is 0 Å². The van der Waals surface area contributed by atoms with E-state index in [-0.39, 0.29) is 12.0 Å². The first-order chi connectivity index (χ1) is 10.7. The van der Waals surface area contributed by atoms with Crippen LogP contribution in [-0.2, 0) is 9.53 Å². The molecule has 2 unspecified atom stereocenters. The van der Waals surface area contributed by atoms with Crippen molar-refractivity contribution >= 4 is 11.6 Å². The van der Waals surface area contributed by atoms with Crippen molar-refractivity contribution in [1.82, 2.24) is 5.32 Å². The molecular formula is C17H26N2O3. The smallest absolute Gasteiger partial charge is 0.238 e. The van der Waals surface area contributed by atoms with E-state index in [9.17, 15) is 4.79 Å². The van der Waals surface area contributed by atoms with Gasteiger partial charge in [-0.05, 0) is 50.5 Å². The van der Waals surface area contributed by atoms with E-state index in [1.165, 1.54) is 0 Å². The summed E-state index contributed by atoms with van der Waals surface area (Å²) in [5.41, 5.74) is 0.778. The molecule has 122 valence electrons. The molecule has 1 heterocycles. The van der Waals surface area contributed by atoms with Gasteiger partial charge in [0.15, 0.2) is 0 Å². The standard InChI is InChI=1S/C17H26N2O3/c1-3-13(2)18-11-17(20)19-14-6-8-15(9-7-14)22-12-16-5-4-10-21-16/h6-9,13,16,18H,3-5,10-12H2,1-2H3,(H,19,20). The Kier molecular flexibility index (Phi) is 6.68. The van der Waals surface area contributed by atoms with Crippen molar-refractivity contribution in [1.29, 1.82) is 0 Å². The summed E-state index contributed by atoms with van der Waals surface area (Å²) in [7, 11) is 0. The molecule has 2 atom stereocenters. The zero-order chi connectivity index (χ0) is 15.8. The summed E-state index contributed by atoms with van der Waals surface area (Å²) in [4.78, 5) is 11.8. The summed E-state index contributed by atoms with van der Waals surface area (Å²) >= 11 is 0. The van der Waals surface area contributed by atoms with Crippen LogP contribution in [0.2, 0.25) is 0 Å². The maximum Gasteiger partial charge on any atom is 0.238 e. The van der Waals surface area contributed by atoms with E-state index in [0.717, 1.165) is 37.3 Å². The molecule has 1 aromatic carbocycles. The highest BCUT2D eigenvalue weighted by Gasteiger charge is 2.15. The zero-order valence-corrected chi connectivity index (χ0v) is 13.4. The number of anilines is 1. The molecule has 1 aliphatic rings. The molecule has 1 amide bonds. The van der Waals surface area contributed by atoms with Gasteiger partial charge in [-0.1, -0.05) is 6.92 Å². The maximum atomic E-state index is 11.8. The van der Waals surface area contributed by atoms with Crippen molar-refractivity contribution in [2.45, 2.75) is 45.3 Å². The minimum Gasteiger partial charge on any atom is -0.491 e. The third-order valence-electron chi connectivity index (χ3n) is 3.82. The summed E-state index contributed by atoms with van der Waals surface area (Å²) in [6, 6.07) is 7.79. The Morgan fingerprint density at radius 1 is 1.41 bits per heavy atom. The highest BCUT2D eigenvalue weighted by atomic mass is 16.5. The van der Waals surface area contributed by atoms with Gasteiger partial charge in [-0.25, -0.2) is 0 Å². The van der Waals surface area contributed by atoms with Gasteiger partial charge >= 0.3 is 0 Å². The highest BCUT2D eigenvalue weighted by molar-refractivity contribution is 5.92. The molecule has 0 aromatic heterocycles. The molecule has 0 spiro atoms. The Bertz CT molecular complexity index is 455. The van der Waals surface area contributed by atoms with Crippen LogP contribution < -0.4 is 15.4 Å². The van der Waals surface area contributed by atoms with Gasteiger partial charge in [0.05, 0.1) is 12.6 Å². The van der Waals surface area contributed by atoms with Crippen LogP contribution in [0.5, 0.6) is 5.75 Å². The third-order valence-corrected chi connectivity index (χ3v) is 3.82. The van der Waals surface area contributed by atoms with Gasteiger partial charge in [-0.15, -0.1) is 0 Å². The Morgan fingerprint density at radius 2 is 2.18 bits per heavy atom. The second kappa shape index (κ2) is 8.76. The summed E-state index contributed by atoms with van der Waals surface area (Å²) in [6.07, 6.45) is 3.40. The van der Waals surface area contributed by atoms with E-state index < -0.39 is 0 Å². The average Bonchev–Trinajstić information content (AvgIpc) is 3.05. The van der Waals surface area contributed by atoms with Crippen molar-refractivity contribution in [2.24, 2.45) is 0 Å². The SMILES string of the molecule is CCC(C)NCC(=O)Nc1ccc(OCC2CCCO2)cc1. The number of benzene rings is 1. The van der Waals surface area contributed by atoms with Crippen LogP contribution in [0.15, 0.2) is 24.3 Å². The number of rotatable bonds is 8. The number of nitrogens with one attached hydrogen (secondary N) is 2. The van der Waals surface area contributed by atoms with Crippen molar-refractivity contribution < 1.29 is 14.3 Å². The number of carbonyl (C=O) groups is 1. The number of amides is 1. The normalized spacial score (nSPS) is 18.9. The fraction of sp³-hybridized carbons (Fsp3) is 0.588. The first-order valence-corrected chi connectivity index (χ1v) is 8.05. The topological polar surface area (TPSA) is 59.6 Å². The van der Waals surface area contributed by atoms with Gasteiger partial charge < -0.3 is 20.1 Å². The molecule has 5 heteroatoms. The number of hydrogen-bond donors (Lipinski definition) is 2. The fourth-order valence-electron chi connectivity index (χ4n) is 2.22. The van der Waals surface area contributed by atoms with E-state index >= 15 is 0 Å². The van der Waals surface area contributed by atoms with E-state index in [1.54, 1.807) is 0 Å². The van der Waals surface area contributed by atoms with E-state index in [2.05, 4.69) is 24.5 Å². The summed E-state index contributed by atoms with van der Waals surface area (Å²) in [6.45, 7) is 5.90. The minimum atomic E-state index is -0.0340. The molecule has 0 saturated carbocycles. The largest absolute Gasteiger partial charge is 0.491 e. The molecule has 1 fully saturated rings. The van der Waals surface area contributed by atoms with Crippen LogP contribution in [0.25, 0.3) is 0 Å². The Balaban J connectivity index is 1.72. The predicted molar refractivity (Wildman–Crippen MR) is 87.3 cm³/mol. The first-order valence-electron chi connectivity index (χ1n) is 8.05. The molecule has 1 saturated heterocycles. The second-order valence-electron chi connectivity index (χ2n) is 5.71. The van der Waals surface area contributed by atoms with Crippen molar-refractivity contribution in [3.05, 3.63) is 24.3 Å². The lowest BCUT2D eigenvalue weighted by Crippen LogP contribution is -2.33. The summed E-state index contributed by atoms with van der Waals surface area (Å²) < 4.78 is 11.2. The van der Waals surface area contributed by atoms with E-state index in [4.69, 9.17) is 9.47 Å². The lowest BCUT2D eigenvalue weighted by Gasteiger charge is -2.13. The number of ether oxygens (including phenoxy) is 2. The Hall–Kier alpha value is -1.59. The van der Waals surface area contributed by atoms with Gasteiger partial charge in [0, 0.05) is 18.3 Å². The average molecular weight is 306 g/mol. The molecule has 0 bridgehead atoms.